The molecule has 0 fully saturated rings. The van der Waals surface area contributed by atoms with Crippen LogP contribution in [0.5, 0.6) is 0 Å². The van der Waals surface area contributed by atoms with Crippen molar-refractivity contribution in [1.29, 1.82) is 0 Å². The van der Waals surface area contributed by atoms with E-state index >= 15 is 0 Å². The topological polar surface area (TPSA) is 111 Å². The second kappa shape index (κ2) is 9.75. The molecule has 0 bridgehead atoms. The van der Waals surface area contributed by atoms with Gasteiger partial charge in [-0.1, -0.05) is 24.3 Å². The number of aromatic nitrogens is 2. The zero-order valence-corrected chi connectivity index (χ0v) is 17.5. The minimum Gasteiger partial charge on any atom is -0.462 e. The van der Waals surface area contributed by atoms with E-state index < -0.39 is 17.9 Å². The second-order valence-corrected chi connectivity index (χ2v) is 6.29. The van der Waals surface area contributed by atoms with Crippen molar-refractivity contribution in [2.75, 3.05) is 19.8 Å². The maximum absolute atomic E-state index is 12.4. The van der Waals surface area contributed by atoms with Gasteiger partial charge in [0.25, 0.3) is 0 Å². The van der Waals surface area contributed by atoms with Crippen LogP contribution in [0.1, 0.15) is 31.1 Å². The molecule has 0 aliphatic rings. The second-order valence-electron chi connectivity index (χ2n) is 6.29. The van der Waals surface area contributed by atoms with Gasteiger partial charge in [0.2, 0.25) is 0 Å². The lowest BCUT2D eigenvalue weighted by Crippen LogP contribution is -2.19. The monoisotopic (exact) mass is 425 g/mol. The van der Waals surface area contributed by atoms with Crippen molar-refractivity contribution in [3.05, 3.63) is 59.4 Å². The van der Waals surface area contributed by atoms with Gasteiger partial charge >= 0.3 is 17.9 Å². The number of aromatic amines is 1. The number of carbonyl (C=O) groups excluding carboxylic acids is 3. The summed E-state index contributed by atoms with van der Waals surface area (Å²) in [6.45, 7) is 5.50. The maximum atomic E-state index is 12.4. The first-order valence-corrected chi connectivity index (χ1v) is 9.89. The minimum absolute atomic E-state index is 0.110. The molecule has 9 nitrogen and oxygen atoms in total. The smallest absolute Gasteiger partial charge is 0.347 e. The van der Waals surface area contributed by atoms with Crippen molar-refractivity contribution in [1.82, 2.24) is 9.61 Å². The highest BCUT2D eigenvalue weighted by Crippen LogP contribution is 2.21. The number of nitrogens with one attached hydrogen (secondary N) is 1. The summed E-state index contributed by atoms with van der Waals surface area (Å²) in [5, 5.41) is 4.47. The molecule has 2 heterocycles. The molecule has 0 saturated heterocycles. The number of carbonyl (C=O) groups is 3. The summed E-state index contributed by atoms with van der Waals surface area (Å²) in [5.41, 5.74) is 1.19. The Morgan fingerprint density at radius 2 is 1.65 bits per heavy atom. The fourth-order valence-corrected chi connectivity index (χ4v) is 3.07. The summed E-state index contributed by atoms with van der Waals surface area (Å²) in [6.07, 6.45) is 2.65. The number of esters is 3. The van der Waals surface area contributed by atoms with Crippen LogP contribution in [0.2, 0.25) is 0 Å². The average molecular weight is 425 g/mol. The van der Waals surface area contributed by atoms with Crippen LogP contribution >= 0.6 is 0 Å². The van der Waals surface area contributed by atoms with Gasteiger partial charge in [-0.3, -0.25) is 5.10 Å². The molecule has 1 N–H and O–H groups in total. The number of ether oxygens (including phenoxy) is 3. The van der Waals surface area contributed by atoms with Crippen molar-refractivity contribution in [3.63, 3.8) is 0 Å². The Morgan fingerprint density at radius 3 is 2.29 bits per heavy atom. The molecular formula is C22H23N3O6. The predicted molar refractivity (Wildman–Crippen MR) is 112 cm³/mol. The van der Waals surface area contributed by atoms with Crippen LogP contribution in [0, 0.1) is 0 Å². The van der Waals surface area contributed by atoms with Crippen LogP contribution in [0.15, 0.2) is 53.3 Å². The summed E-state index contributed by atoms with van der Waals surface area (Å²) in [6, 6.07) is 9.11. The zero-order valence-electron chi connectivity index (χ0n) is 17.5. The highest BCUT2D eigenvalue weighted by molar-refractivity contribution is 6.14. The van der Waals surface area contributed by atoms with E-state index in [0.29, 0.717) is 22.0 Å². The quantitative estimate of drug-likeness (QED) is 0.205. The highest BCUT2D eigenvalue weighted by Gasteiger charge is 2.21. The first kappa shape index (κ1) is 21.8. The summed E-state index contributed by atoms with van der Waals surface area (Å²) in [7, 11) is 0. The third-order valence-electron chi connectivity index (χ3n) is 4.36. The molecule has 0 radical (unpaired) electrons. The Hall–Kier alpha value is -3.88. The van der Waals surface area contributed by atoms with Crippen molar-refractivity contribution in [2.24, 2.45) is 4.99 Å². The van der Waals surface area contributed by atoms with Crippen LogP contribution in [-0.2, 0) is 23.8 Å². The fraction of sp³-hybridized carbons (Fsp3) is 0.273. The summed E-state index contributed by atoms with van der Waals surface area (Å²) >= 11 is 0. The molecule has 1 aromatic carbocycles. The van der Waals surface area contributed by atoms with Crippen LogP contribution in [0.4, 0.5) is 0 Å². The molecule has 3 aromatic rings. The number of hydrogen-bond acceptors (Lipinski definition) is 7. The highest BCUT2D eigenvalue weighted by atomic mass is 16.6. The number of nitrogens with zero attached hydrogens (tertiary/aromatic N) is 2. The van der Waals surface area contributed by atoms with E-state index in [1.165, 1.54) is 6.20 Å². The van der Waals surface area contributed by atoms with Crippen LogP contribution in [0.3, 0.4) is 0 Å². The van der Waals surface area contributed by atoms with E-state index in [1.54, 1.807) is 31.4 Å². The van der Waals surface area contributed by atoms with E-state index in [9.17, 15) is 14.4 Å². The standard InChI is InChI=1S/C22H23N3O6/c1-4-29-20(26)16-13-24-25-18(11-14-9-7-8-10-15(16)19(14)25)23-12-17(21(27)30-5-2)22(28)31-6-3/h7-13,24H,4-6H2,1-3H3. The summed E-state index contributed by atoms with van der Waals surface area (Å²) in [5.74, 6) is -2.08. The Balaban J connectivity index is 2.21. The largest absolute Gasteiger partial charge is 0.462 e. The van der Waals surface area contributed by atoms with E-state index in [2.05, 4.69) is 10.1 Å². The normalized spacial score (nSPS) is 11.4. The van der Waals surface area contributed by atoms with Gasteiger partial charge in [0.05, 0.1) is 37.1 Å². The zero-order chi connectivity index (χ0) is 22.4. The molecule has 0 atom stereocenters. The molecule has 0 amide bonds. The molecule has 0 unspecified atom stereocenters. The van der Waals surface area contributed by atoms with Gasteiger partial charge in [-0.05, 0) is 26.8 Å². The Kier molecular flexibility index (Phi) is 6.86. The van der Waals surface area contributed by atoms with Gasteiger partial charge in [-0.15, -0.1) is 0 Å². The average Bonchev–Trinajstić information content (AvgIpc) is 2.95. The molecule has 31 heavy (non-hydrogen) atoms. The Morgan fingerprint density at radius 1 is 1.00 bits per heavy atom. The van der Waals surface area contributed by atoms with Crippen LogP contribution < -0.4 is 5.49 Å². The van der Waals surface area contributed by atoms with Gasteiger partial charge in [0, 0.05) is 17.0 Å². The fourth-order valence-electron chi connectivity index (χ4n) is 3.07. The van der Waals surface area contributed by atoms with E-state index in [-0.39, 0.29) is 25.4 Å². The van der Waals surface area contributed by atoms with E-state index in [1.807, 2.05) is 24.3 Å². The molecule has 162 valence electrons. The van der Waals surface area contributed by atoms with Gasteiger partial charge in [0.1, 0.15) is 0 Å². The lowest BCUT2D eigenvalue weighted by Gasteiger charge is -2.06. The molecule has 3 rings (SSSR count). The number of rotatable bonds is 7. The van der Waals surface area contributed by atoms with Gasteiger partial charge in [0.15, 0.2) is 11.1 Å². The first-order valence-electron chi connectivity index (χ1n) is 9.89. The molecule has 0 saturated carbocycles. The predicted octanol–water partition coefficient (Wildman–Crippen LogP) is 2.51. The van der Waals surface area contributed by atoms with Gasteiger partial charge in [-0.2, -0.15) is 0 Å². The van der Waals surface area contributed by atoms with Crippen molar-refractivity contribution in [3.8, 4) is 0 Å². The van der Waals surface area contributed by atoms with Gasteiger partial charge < -0.3 is 14.2 Å². The van der Waals surface area contributed by atoms with Crippen LogP contribution in [0.25, 0.3) is 16.3 Å². The third kappa shape index (κ3) is 4.50. The number of H-pyrrole nitrogens is 1. The molecule has 0 spiro atoms. The van der Waals surface area contributed by atoms with Crippen molar-refractivity contribution < 1.29 is 28.6 Å². The van der Waals surface area contributed by atoms with Crippen LogP contribution in [-0.4, -0.2) is 47.3 Å². The Labute approximate surface area is 177 Å². The summed E-state index contributed by atoms with van der Waals surface area (Å²) in [4.78, 5) is 41.0. The Bertz CT molecular complexity index is 1210. The molecule has 2 aromatic heterocycles. The molecular weight excluding hydrogens is 402 g/mol. The first-order chi connectivity index (χ1) is 15.0. The van der Waals surface area contributed by atoms with Gasteiger partial charge in [-0.25, -0.2) is 23.9 Å². The SMILES string of the molecule is CCOC(=O)C(=CN=c1cc2ccccc3c(C(=O)OCC)c[nH]n1c23)C(=O)OCC. The van der Waals surface area contributed by atoms with E-state index in [0.717, 1.165) is 11.6 Å². The molecule has 0 aliphatic heterocycles. The third-order valence-corrected chi connectivity index (χ3v) is 4.36. The number of hydrogen-bond donors (Lipinski definition) is 1. The molecule has 9 heteroatoms. The minimum atomic E-state index is -0.816. The van der Waals surface area contributed by atoms with E-state index in [4.69, 9.17) is 14.2 Å². The summed E-state index contributed by atoms with van der Waals surface area (Å²) < 4.78 is 16.7. The molecule has 0 aliphatic carbocycles. The van der Waals surface area contributed by atoms with Crippen molar-refractivity contribution in [2.45, 2.75) is 20.8 Å². The maximum Gasteiger partial charge on any atom is 0.347 e. The lowest BCUT2D eigenvalue weighted by molar-refractivity contribution is -0.146. The lowest BCUT2D eigenvalue weighted by atomic mass is 10.1. The van der Waals surface area contributed by atoms with Crippen molar-refractivity contribution >= 4 is 34.2 Å².